The topological polar surface area (TPSA) is 59.2 Å². The summed E-state index contributed by atoms with van der Waals surface area (Å²) < 4.78 is 0. The van der Waals surface area contributed by atoms with Crippen molar-refractivity contribution in [1.29, 1.82) is 0 Å². The van der Waals surface area contributed by atoms with Crippen LogP contribution < -0.4 is 5.73 Å². The molecule has 1 atom stereocenters. The second-order valence-corrected chi connectivity index (χ2v) is 5.11. The summed E-state index contributed by atoms with van der Waals surface area (Å²) in [5, 5.41) is 0. The van der Waals surface area contributed by atoms with Gasteiger partial charge in [0.05, 0.1) is 5.56 Å². The van der Waals surface area contributed by atoms with E-state index in [1.165, 1.54) is 5.56 Å². The molecule has 102 valence electrons. The number of nitrogens with zero attached hydrogens (tertiary/aromatic N) is 2. The molecular formula is C16H17N3O. The molecule has 1 aromatic carbocycles. The van der Waals surface area contributed by atoms with Gasteiger partial charge in [0.15, 0.2) is 0 Å². The quantitative estimate of drug-likeness (QED) is 0.908. The Kier molecular flexibility index (Phi) is 3.37. The summed E-state index contributed by atoms with van der Waals surface area (Å²) in [6.45, 7) is 1.52. The third-order valence-electron chi connectivity index (χ3n) is 3.83. The number of amides is 1. The molecule has 2 aromatic rings. The van der Waals surface area contributed by atoms with Gasteiger partial charge in [0.1, 0.15) is 0 Å². The third kappa shape index (κ3) is 2.37. The Morgan fingerprint density at radius 1 is 1.25 bits per heavy atom. The minimum atomic E-state index is -0.0194. The standard InChI is InChI=1S/C16H17N3O/c17-15-6-8-18-10-14(15)16(20)19-9-7-13(11-19)12-4-2-1-3-5-12/h1-6,8,10,13H,7,9,11H2,(H2,17,18)/t13-/m0/s1. The van der Waals surface area contributed by atoms with Crippen molar-refractivity contribution in [2.75, 3.05) is 18.8 Å². The lowest BCUT2D eigenvalue weighted by Crippen LogP contribution is -2.29. The van der Waals surface area contributed by atoms with E-state index in [0.29, 0.717) is 17.2 Å². The molecule has 0 bridgehead atoms. The van der Waals surface area contributed by atoms with Crippen molar-refractivity contribution < 1.29 is 4.79 Å². The van der Waals surface area contributed by atoms with Crippen LogP contribution in [0, 0.1) is 0 Å². The summed E-state index contributed by atoms with van der Waals surface area (Å²) in [7, 11) is 0. The van der Waals surface area contributed by atoms with Crippen LogP contribution in [0.15, 0.2) is 48.8 Å². The second-order valence-electron chi connectivity index (χ2n) is 5.11. The van der Waals surface area contributed by atoms with Crippen LogP contribution in [-0.4, -0.2) is 28.9 Å². The molecule has 20 heavy (non-hydrogen) atoms. The highest BCUT2D eigenvalue weighted by molar-refractivity contribution is 5.98. The van der Waals surface area contributed by atoms with Crippen LogP contribution in [0.4, 0.5) is 5.69 Å². The van der Waals surface area contributed by atoms with Gasteiger partial charge >= 0.3 is 0 Å². The van der Waals surface area contributed by atoms with Gasteiger partial charge in [0.2, 0.25) is 0 Å². The van der Waals surface area contributed by atoms with E-state index in [4.69, 9.17) is 5.73 Å². The first kappa shape index (κ1) is 12.7. The highest BCUT2D eigenvalue weighted by Crippen LogP contribution is 2.28. The van der Waals surface area contributed by atoms with Crippen molar-refractivity contribution in [2.24, 2.45) is 0 Å². The number of rotatable bonds is 2. The molecule has 1 aliphatic heterocycles. The summed E-state index contributed by atoms with van der Waals surface area (Å²) in [6, 6.07) is 12.0. The molecule has 4 nitrogen and oxygen atoms in total. The molecule has 0 radical (unpaired) electrons. The maximum Gasteiger partial charge on any atom is 0.257 e. The van der Waals surface area contributed by atoms with Crippen LogP contribution in [0.25, 0.3) is 0 Å². The van der Waals surface area contributed by atoms with Gasteiger partial charge < -0.3 is 10.6 Å². The molecule has 1 saturated heterocycles. The van der Waals surface area contributed by atoms with Gasteiger partial charge in [-0.25, -0.2) is 0 Å². The minimum Gasteiger partial charge on any atom is -0.398 e. The van der Waals surface area contributed by atoms with E-state index in [0.717, 1.165) is 19.5 Å². The summed E-state index contributed by atoms with van der Waals surface area (Å²) >= 11 is 0. The second kappa shape index (κ2) is 5.33. The fourth-order valence-electron chi connectivity index (χ4n) is 2.70. The third-order valence-corrected chi connectivity index (χ3v) is 3.83. The average molecular weight is 267 g/mol. The maximum absolute atomic E-state index is 12.5. The molecule has 0 aliphatic carbocycles. The van der Waals surface area contributed by atoms with Crippen molar-refractivity contribution in [1.82, 2.24) is 9.88 Å². The van der Waals surface area contributed by atoms with E-state index >= 15 is 0 Å². The van der Waals surface area contributed by atoms with Gasteiger partial charge in [-0.05, 0) is 18.1 Å². The van der Waals surface area contributed by atoms with Crippen LogP contribution >= 0.6 is 0 Å². The highest BCUT2D eigenvalue weighted by Gasteiger charge is 2.28. The van der Waals surface area contributed by atoms with Crippen LogP contribution in [0.1, 0.15) is 28.3 Å². The van der Waals surface area contributed by atoms with Gasteiger partial charge in [0.25, 0.3) is 5.91 Å². The SMILES string of the molecule is Nc1ccncc1C(=O)N1CC[C@H](c2ccccc2)C1. The predicted molar refractivity (Wildman–Crippen MR) is 78.4 cm³/mol. The lowest BCUT2D eigenvalue weighted by molar-refractivity contribution is 0.0791. The summed E-state index contributed by atoms with van der Waals surface area (Å²) in [4.78, 5) is 18.3. The van der Waals surface area contributed by atoms with Crippen LogP contribution in [0.2, 0.25) is 0 Å². The average Bonchev–Trinajstić information content (AvgIpc) is 2.98. The van der Waals surface area contributed by atoms with Gasteiger partial charge in [-0.15, -0.1) is 0 Å². The van der Waals surface area contributed by atoms with Gasteiger partial charge in [-0.3, -0.25) is 9.78 Å². The maximum atomic E-state index is 12.5. The van der Waals surface area contributed by atoms with E-state index in [1.54, 1.807) is 18.5 Å². The number of pyridine rings is 1. The number of likely N-dealkylation sites (tertiary alicyclic amines) is 1. The predicted octanol–water partition coefficient (Wildman–Crippen LogP) is 2.29. The van der Waals surface area contributed by atoms with Gasteiger partial charge in [-0.1, -0.05) is 30.3 Å². The lowest BCUT2D eigenvalue weighted by Gasteiger charge is -2.17. The summed E-state index contributed by atoms with van der Waals surface area (Å²) in [6.07, 6.45) is 4.15. The van der Waals surface area contributed by atoms with Crippen LogP contribution in [0.3, 0.4) is 0 Å². The molecule has 1 fully saturated rings. The van der Waals surface area contributed by atoms with E-state index < -0.39 is 0 Å². The number of hydrogen-bond acceptors (Lipinski definition) is 3. The van der Waals surface area contributed by atoms with Crippen molar-refractivity contribution in [3.63, 3.8) is 0 Å². The van der Waals surface area contributed by atoms with Crippen molar-refractivity contribution in [3.05, 3.63) is 59.9 Å². The zero-order valence-corrected chi connectivity index (χ0v) is 11.2. The minimum absolute atomic E-state index is 0.0194. The number of anilines is 1. The molecular weight excluding hydrogens is 250 g/mol. The van der Waals surface area contributed by atoms with Crippen LogP contribution in [0.5, 0.6) is 0 Å². The largest absolute Gasteiger partial charge is 0.398 e. The number of nitrogens with two attached hydrogens (primary N) is 1. The molecule has 0 saturated carbocycles. The number of hydrogen-bond donors (Lipinski definition) is 1. The normalized spacial score (nSPS) is 18.2. The zero-order chi connectivity index (χ0) is 13.9. The molecule has 2 N–H and O–H groups in total. The number of aromatic nitrogens is 1. The zero-order valence-electron chi connectivity index (χ0n) is 11.2. The first-order valence-electron chi connectivity index (χ1n) is 6.79. The number of carbonyl (C=O) groups excluding carboxylic acids is 1. The lowest BCUT2D eigenvalue weighted by atomic mass is 9.99. The Hall–Kier alpha value is -2.36. The molecule has 0 unspecified atom stereocenters. The molecule has 0 spiro atoms. The molecule has 1 aromatic heterocycles. The number of benzene rings is 1. The smallest absolute Gasteiger partial charge is 0.257 e. The molecule has 1 amide bonds. The number of nitrogen functional groups attached to an aromatic ring is 1. The molecule has 2 heterocycles. The highest BCUT2D eigenvalue weighted by atomic mass is 16.2. The molecule has 3 rings (SSSR count). The summed E-state index contributed by atoms with van der Waals surface area (Å²) in [5.41, 5.74) is 8.14. The van der Waals surface area contributed by atoms with E-state index in [9.17, 15) is 4.79 Å². The molecule has 4 heteroatoms. The van der Waals surface area contributed by atoms with Crippen molar-refractivity contribution in [3.8, 4) is 0 Å². The fourth-order valence-corrected chi connectivity index (χ4v) is 2.70. The Bertz CT molecular complexity index is 612. The fraction of sp³-hybridized carbons (Fsp3) is 0.250. The van der Waals surface area contributed by atoms with E-state index in [-0.39, 0.29) is 5.91 Å². The Balaban J connectivity index is 1.75. The van der Waals surface area contributed by atoms with Gasteiger partial charge in [-0.2, -0.15) is 0 Å². The van der Waals surface area contributed by atoms with Crippen molar-refractivity contribution in [2.45, 2.75) is 12.3 Å². The summed E-state index contributed by atoms with van der Waals surface area (Å²) in [5.74, 6) is 0.395. The Morgan fingerprint density at radius 2 is 2.05 bits per heavy atom. The molecule has 1 aliphatic rings. The Morgan fingerprint density at radius 3 is 2.80 bits per heavy atom. The van der Waals surface area contributed by atoms with E-state index in [2.05, 4.69) is 17.1 Å². The monoisotopic (exact) mass is 267 g/mol. The Labute approximate surface area is 118 Å². The van der Waals surface area contributed by atoms with Gasteiger partial charge in [0, 0.05) is 37.1 Å². The first-order chi connectivity index (χ1) is 9.75. The van der Waals surface area contributed by atoms with E-state index in [1.807, 2.05) is 23.1 Å². The van der Waals surface area contributed by atoms with Crippen LogP contribution in [-0.2, 0) is 0 Å². The number of carbonyl (C=O) groups is 1. The first-order valence-corrected chi connectivity index (χ1v) is 6.79. The van der Waals surface area contributed by atoms with Crippen molar-refractivity contribution >= 4 is 11.6 Å².